The quantitative estimate of drug-likeness (QED) is 0.717. The van der Waals surface area contributed by atoms with Gasteiger partial charge in [0, 0.05) is 6.54 Å². The molecule has 128 valence electrons. The molecule has 0 bridgehead atoms. The number of amides is 1. The first-order valence-electron chi connectivity index (χ1n) is 8.18. The fraction of sp³-hybridized carbons (Fsp3) is 0.100. The van der Waals surface area contributed by atoms with Crippen molar-refractivity contribution in [3.8, 4) is 6.07 Å². The largest absolute Gasteiger partial charge is 0.368 e. The Morgan fingerprint density at radius 2 is 1.73 bits per heavy atom. The fourth-order valence-electron chi connectivity index (χ4n) is 2.40. The minimum absolute atomic E-state index is 0.186. The number of rotatable bonds is 6. The molecule has 0 saturated carbocycles. The number of benzene rings is 2. The zero-order valence-electron chi connectivity index (χ0n) is 14.0. The third-order valence-electron chi connectivity index (χ3n) is 3.76. The average Bonchev–Trinajstić information content (AvgIpc) is 2.70. The standard InChI is InChI=1S/C20H17N5O/c21-14-16-8-4-5-9-17(16)23-20(26)18-10-11-19(25-24-18)22-13-12-15-6-2-1-3-7-15/h1-11H,12-13H2,(H,22,25)(H,23,26). The van der Waals surface area contributed by atoms with Crippen molar-refractivity contribution in [2.75, 3.05) is 17.2 Å². The lowest BCUT2D eigenvalue weighted by atomic mass is 10.1. The van der Waals surface area contributed by atoms with E-state index in [9.17, 15) is 4.79 Å². The number of anilines is 2. The molecule has 0 fully saturated rings. The van der Waals surface area contributed by atoms with Crippen molar-refractivity contribution >= 4 is 17.4 Å². The summed E-state index contributed by atoms with van der Waals surface area (Å²) in [5.41, 5.74) is 2.27. The highest BCUT2D eigenvalue weighted by molar-refractivity contribution is 6.03. The van der Waals surface area contributed by atoms with Crippen molar-refractivity contribution in [1.82, 2.24) is 10.2 Å². The van der Waals surface area contributed by atoms with Gasteiger partial charge in [0.05, 0.1) is 11.3 Å². The Hall–Kier alpha value is -3.72. The van der Waals surface area contributed by atoms with Crippen molar-refractivity contribution < 1.29 is 4.79 Å². The van der Waals surface area contributed by atoms with Crippen molar-refractivity contribution in [3.63, 3.8) is 0 Å². The molecule has 0 radical (unpaired) electrons. The Morgan fingerprint density at radius 1 is 0.962 bits per heavy atom. The molecule has 3 rings (SSSR count). The molecule has 2 aromatic carbocycles. The Balaban J connectivity index is 1.57. The summed E-state index contributed by atoms with van der Waals surface area (Å²) in [7, 11) is 0. The van der Waals surface area contributed by atoms with E-state index < -0.39 is 5.91 Å². The molecule has 6 heteroatoms. The molecule has 1 amide bonds. The zero-order chi connectivity index (χ0) is 18.2. The molecule has 6 nitrogen and oxygen atoms in total. The molecule has 0 atom stereocenters. The van der Waals surface area contributed by atoms with Crippen LogP contribution in [0.4, 0.5) is 11.5 Å². The van der Waals surface area contributed by atoms with Crippen LogP contribution in [0.3, 0.4) is 0 Å². The van der Waals surface area contributed by atoms with E-state index in [2.05, 4.69) is 33.0 Å². The van der Waals surface area contributed by atoms with Crippen molar-refractivity contribution in [2.24, 2.45) is 0 Å². The van der Waals surface area contributed by atoms with Gasteiger partial charge in [-0.1, -0.05) is 42.5 Å². The van der Waals surface area contributed by atoms with Gasteiger partial charge in [-0.05, 0) is 36.2 Å². The van der Waals surface area contributed by atoms with Crippen LogP contribution >= 0.6 is 0 Å². The molecular weight excluding hydrogens is 326 g/mol. The number of carbonyl (C=O) groups is 1. The van der Waals surface area contributed by atoms with Crippen LogP contribution in [0.1, 0.15) is 21.6 Å². The monoisotopic (exact) mass is 343 g/mol. The van der Waals surface area contributed by atoms with Gasteiger partial charge in [0.25, 0.3) is 5.91 Å². The van der Waals surface area contributed by atoms with E-state index in [1.54, 1.807) is 36.4 Å². The average molecular weight is 343 g/mol. The fourth-order valence-corrected chi connectivity index (χ4v) is 2.40. The van der Waals surface area contributed by atoms with Gasteiger partial charge in [-0.3, -0.25) is 4.79 Å². The van der Waals surface area contributed by atoms with Crippen LogP contribution in [-0.4, -0.2) is 22.6 Å². The van der Waals surface area contributed by atoms with E-state index in [0.29, 0.717) is 17.1 Å². The summed E-state index contributed by atoms with van der Waals surface area (Å²) in [6.07, 6.45) is 0.871. The minimum Gasteiger partial charge on any atom is -0.368 e. The van der Waals surface area contributed by atoms with Gasteiger partial charge in [-0.2, -0.15) is 5.26 Å². The van der Waals surface area contributed by atoms with E-state index in [1.807, 2.05) is 24.3 Å². The van der Waals surface area contributed by atoms with Crippen LogP contribution in [-0.2, 0) is 6.42 Å². The summed E-state index contributed by atoms with van der Waals surface area (Å²) in [6, 6.07) is 22.3. The molecule has 0 aliphatic rings. The van der Waals surface area contributed by atoms with E-state index in [0.717, 1.165) is 13.0 Å². The molecule has 0 saturated heterocycles. The summed E-state index contributed by atoms with van der Waals surface area (Å²) in [6.45, 7) is 0.722. The Labute approximate surface area is 151 Å². The highest BCUT2D eigenvalue weighted by Crippen LogP contribution is 2.14. The Kier molecular flexibility index (Phi) is 5.53. The molecule has 3 aromatic rings. The van der Waals surface area contributed by atoms with Gasteiger partial charge >= 0.3 is 0 Å². The lowest BCUT2D eigenvalue weighted by Crippen LogP contribution is -2.16. The molecule has 0 spiro atoms. The summed E-state index contributed by atoms with van der Waals surface area (Å²) in [5.74, 6) is 0.200. The van der Waals surface area contributed by atoms with Gasteiger partial charge in [0.1, 0.15) is 11.9 Å². The predicted octanol–water partition coefficient (Wildman–Crippen LogP) is 3.26. The number of carbonyl (C=O) groups excluding carboxylic acids is 1. The van der Waals surface area contributed by atoms with E-state index in [1.165, 1.54) is 5.56 Å². The number of nitrogens with zero attached hydrogens (tertiary/aromatic N) is 3. The highest BCUT2D eigenvalue weighted by Gasteiger charge is 2.10. The second-order valence-electron chi connectivity index (χ2n) is 5.58. The van der Waals surface area contributed by atoms with E-state index in [4.69, 9.17) is 5.26 Å². The van der Waals surface area contributed by atoms with Crippen LogP contribution in [0.25, 0.3) is 0 Å². The van der Waals surface area contributed by atoms with Crippen molar-refractivity contribution in [3.05, 3.63) is 83.6 Å². The second kappa shape index (κ2) is 8.40. The summed E-state index contributed by atoms with van der Waals surface area (Å²) in [5, 5.41) is 22.9. The van der Waals surface area contributed by atoms with Crippen molar-refractivity contribution in [2.45, 2.75) is 6.42 Å². The van der Waals surface area contributed by atoms with Crippen LogP contribution in [0, 0.1) is 11.3 Å². The number of nitrogens with one attached hydrogen (secondary N) is 2. The van der Waals surface area contributed by atoms with Gasteiger partial charge in [0.2, 0.25) is 0 Å². The highest BCUT2D eigenvalue weighted by atomic mass is 16.1. The molecule has 1 aromatic heterocycles. The molecule has 2 N–H and O–H groups in total. The molecule has 0 aliphatic heterocycles. The first kappa shape index (κ1) is 17.1. The smallest absolute Gasteiger partial charge is 0.276 e. The molecular formula is C20H17N5O. The summed E-state index contributed by atoms with van der Waals surface area (Å²) < 4.78 is 0. The normalized spacial score (nSPS) is 9.96. The predicted molar refractivity (Wildman–Crippen MR) is 99.8 cm³/mol. The number of para-hydroxylation sites is 1. The lowest BCUT2D eigenvalue weighted by molar-refractivity contribution is 0.102. The first-order valence-corrected chi connectivity index (χ1v) is 8.18. The maximum absolute atomic E-state index is 12.2. The number of hydrogen-bond acceptors (Lipinski definition) is 5. The third kappa shape index (κ3) is 4.42. The van der Waals surface area contributed by atoms with Gasteiger partial charge in [-0.15, -0.1) is 10.2 Å². The summed E-state index contributed by atoms with van der Waals surface area (Å²) >= 11 is 0. The topological polar surface area (TPSA) is 90.7 Å². The Bertz CT molecular complexity index is 917. The lowest BCUT2D eigenvalue weighted by Gasteiger charge is -2.07. The summed E-state index contributed by atoms with van der Waals surface area (Å²) in [4.78, 5) is 12.2. The maximum Gasteiger partial charge on any atom is 0.276 e. The van der Waals surface area contributed by atoms with Crippen LogP contribution in [0.5, 0.6) is 0 Å². The van der Waals surface area contributed by atoms with E-state index in [-0.39, 0.29) is 5.69 Å². The van der Waals surface area contributed by atoms with Crippen molar-refractivity contribution in [1.29, 1.82) is 5.26 Å². The SMILES string of the molecule is N#Cc1ccccc1NC(=O)c1ccc(NCCc2ccccc2)nn1. The molecule has 26 heavy (non-hydrogen) atoms. The van der Waals surface area contributed by atoms with Gasteiger partial charge in [-0.25, -0.2) is 0 Å². The van der Waals surface area contributed by atoms with E-state index >= 15 is 0 Å². The molecule has 0 unspecified atom stereocenters. The van der Waals surface area contributed by atoms with Crippen LogP contribution < -0.4 is 10.6 Å². The number of hydrogen-bond donors (Lipinski definition) is 2. The Morgan fingerprint density at radius 3 is 2.46 bits per heavy atom. The second-order valence-corrected chi connectivity index (χ2v) is 5.58. The van der Waals surface area contributed by atoms with Gasteiger partial charge < -0.3 is 10.6 Å². The number of nitriles is 1. The number of aromatic nitrogens is 2. The maximum atomic E-state index is 12.2. The zero-order valence-corrected chi connectivity index (χ0v) is 14.0. The van der Waals surface area contributed by atoms with Crippen LogP contribution in [0.15, 0.2) is 66.7 Å². The third-order valence-corrected chi connectivity index (χ3v) is 3.76. The molecule has 0 aliphatic carbocycles. The van der Waals surface area contributed by atoms with Crippen LogP contribution in [0.2, 0.25) is 0 Å². The molecule has 1 heterocycles. The minimum atomic E-state index is -0.406. The van der Waals surface area contributed by atoms with Gasteiger partial charge in [0.15, 0.2) is 5.69 Å². The first-order chi connectivity index (χ1) is 12.8.